The van der Waals surface area contributed by atoms with E-state index in [0.29, 0.717) is 18.4 Å². The number of benzene rings is 1. The summed E-state index contributed by atoms with van der Waals surface area (Å²) in [5.74, 6) is -1.07. The lowest BCUT2D eigenvalue weighted by Gasteiger charge is -2.27. The van der Waals surface area contributed by atoms with Crippen LogP contribution in [-0.2, 0) is 4.79 Å². The summed E-state index contributed by atoms with van der Waals surface area (Å²) in [4.78, 5) is 23.4. The molecule has 4 heteroatoms. The van der Waals surface area contributed by atoms with E-state index in [1.807, 2.05) is 12.1 Å². The molecule has 1 aliphatic carbocycles. The number of rotatable bonds is 4. The predicted molar refractivity (Wildman–Crippen MR) is 76.2 cm³/mol. The first-order valence-electron chi connectivity index (χ1n) is 6.59. The number of hydrogen-bond donors (Lipinski definition) is 1. The Hall–Kier alpha value is -1.16. The molecule has 0 radical (unpaired) electrons. The Morgan fingerprint density at radius 1 is 1.16 bits per heavy atom. The van der Waals surface area contributed by atoms with E-state index in [1.165, 1.54) is 0 Å². The molecule has 1 N–H and O–H groups in total. The highest BCUT2D eigenvalue weighted by atomic mass is 79.9. The molecule has 2 atom stereocenters. The summed E-state index contributed by atoms with van der Waals surface area (Å²) in [6.45, 7) is 0. The van der Waals surface area contributed by atoms with Crippen molar-refractivity contribution in [2.75, 3.05) is 0 Å². The summed E-state index contributed by atoms with van der Waals surface area (Å²) in [6, 6.07) is 7.24. The normalized spacial score (nSPS) is 23.0. The number of carboxylic acids is 1. The average Bonchev–Trinajstić information content (AvgIpc) is 2.39. The Balaban J connectivity index is 2.04. The molecule has 0 heterocycles. The molecular weight excluding hydrogens is 308 g/mol. The van der Waals surface area contributed by atoms with Crippen LogP contribution < -0.4 is 0 Å². The van der Waals surface area contributed by atoms with E-state index in [0.717, 1.165) is 23.7 Å². The van der Waals surface area contributed by atoms with E-state index in [2.05, 4.69) is 15.9 Å². The van der Waals surface area contributed by atoms with Gasteiger partial charge in [0.05, 0.1) is 5.92 Å². The highest BCUT2D eigenvalue weighted by Gasteiger charge is 2.32. The maximum atomic E-state index is 12.2. The predicted octanol–water partition coefficient (Wildman–Crippen LogP) is 3.91. The van der Waals surface area contributed by atoms with Gasteiger partial charge in [-0.05, 0) is 30.9 Å². The van der Waals surface area contributed by atoms with E-state index in [4.69, 9.17) is 0 Å². The van der Waals surface area contributed by atoms with Crippen molar-refractivity contribution in [2.45, 2.75) is 32.1 Å². The summed E-state index contributed by atoms with van der Waals surface area (Å²) >= 11 is 3.33. The molecule has 2 rings (SSSR count). The zero-order valence-electron chi connectivity index (χ0n) is 10.6. The van der Waals surface area contributed by atoms with E-state index in [-0.39, 0.29) is 17.6 Å². The number of aliphatic carboxylic acids is 1. The molecule has 3 nitrogen and oxygen atoms in total. The number of carbonyl (C=O) groups excluding carboxylic acids is 1. The van der Waals surface area contributed by atoms with Gasteiger partial charge in [0.25, 0.3) is 0 Å². The van der Waals surface area contributed by atoms with Crippen molar-refractivity contribution < 1.29 is 14.7 Å². The van der Waals surface area contributed by atoms with Crippen LogP contribution in [-0.4, -0.2) is 16.9 Å². The summed E-state index contributed by atoms with van der Waals surface area (Å²) in [7, 11) is 0. The lowest BCUT2D eigenvalue weighted by Crippen LogP contribution is -2.28. The maximum absolute atomic E-state index is 12.2. The third-order valence-corrected chi connectivity index (χ3v) is 4.37. The van der Waals surface area contributed by atoms with Gasteiger partial charge in [-0.1, -0.05) is 40.9 Å². The highest BCUT2D eigenvalue weighted by molar-refractivity contribution is 9.10. The van der Waals surface area contributed by atoms with Crippen LogP contribution in [0.25, 0.3) is 0 Å². The number of hydrogen-bond acceptors (Lipinski definition) is 2. The number of Topliss-reactive ketones (excluding diaryl/α,β-unsaturated/α-hetero) is 1. The van der Waals surface area contributed by atoms with Crippen LogP contribution in [0.15, 0.2) is 28.7 Å². The van der Waals surface area contributed by atoms with Gasteiger partial charge in [0, 0.05) is 16.5 Å². The van der Waals surface area contributed by atoms with E-state index in [9.17, 15) is 14.7 Å². The van der Waals surface area contributed by atoms with Gasteiger partial charge in [0.2, 0.25) is 0 Å². The molecular formula is C15H17BrO3. The van der Waals surface area contributed by atoms with Crippen LogP contribution in [0.2, 0.25) is 0 Å². The number of carbonyl (C=O) groups is 2. The Labute approximate surface area is 121 Å². The Morgan fingerprint density at radius 2 is 1.79 bits per heavy atom. The van der Waals surface area contributed by atoms with E-state index in [1.54, 1.807) is 12.1 Å². The fourth-order valence-corrected chi connectivity index (χ4v) is 3.03. The first-order chi connectivity index (χ1) is 9.08. The van der Waals surface area contributed by atoms with Gasteiger partial charge in [-0.15, -0.1) is 0 Å². The van der Waals surface area contributed by atoms with E-state index >= 15 is 0 Å². The number of halogens is 1. The van der Waals surface area contributed by atoms with Gasteiger partial charge >= 0.3 is 5.97 Å². The third-order valence-electron chi connectivity index (χ3n) is 3.84. The van der Waals surface area contributed by atoms with Gasteiger partial charge in [-0.3, -0.25) is 9.59 Å². The molecule has 102 valence electrons. The van der Waals surface area contributed by atoms with Gasteiger partial charge in [-0.2, -0.15) is 0 Å². The molecule has 1 saturated carbocycles. The van der Waals surface area contributed by atoms with Crippen molar-refractivity contribution in [3.05, 3.63) is 34.3 Å². The minimum absolute atomic E-state index is 0.0117. The summed E-state index contributed by atoms with van der Waals surface area (Å²) < 4.78 is 0.935. The minimum Gasteiger partial charge on any atom is -0.481 e. The third kappa shape index (κ3) is 3.66. The molecule has 19 heavy (non-hydrogen) atoms. The molecule has 0 saturated heterocycles. The molecule has 0 aliphatic heterocycles. The standard InChI is InChI=1S/C15H17BrO3/c16-12-7-5-10(6-8-12)14(17)9-11-3-1-2-4-13(11)15(18)19/h5-8,11,13H,1-4,9H2,(H,18,19)/t11-,13-/m1/s1. The largest absolute Gasteiger partial charge is 0.481 e. The first-order valence-corrected chi connectivity index (χ1v) is 7.39. The molecule has 1 aromatic carbocycles. The van der Waals surface area contributed by atoms with E-state index < -0.39 is 5.97 Å². The lowest BCUT2D eigenvalue weighted by molar-refractivity contribution is -0.144. The molecule has 1 aromatic rings. The van der Waals surface area contributed by atoms with Crippen molar-refractivity contribution in [3.8, 4) is 0 Å². The molecule has 0 bridgehead atoms. The quantitative estimate of drug-likeness (QED) is 0.854. The Morgan fingerprint density at radius 3 is 2.42 bits per heavy atom. The molecule has 0 spiro atoms. The van der Waals surface area contributed by atoms with Crippen molar-refractivity contribution in [3.63, 3.8) is 0 Å². The van der Waals surface area contributed by atoms with Crippen molar-refractivity contribution in [1.29, 1.82) is 0 Å². The van der Waals surface area contributed by atoms with Crippen LogP contribution in [0.1, 0.15) is 42.5 Å². The first kappa shape index (κ1) is 14.3. The molecule has 0 unspecified atom stereocenters. The van der Waals surface area contributed by atoms with Crippen molar-refractivity contribution in [1.82, 2.24) is 0 Å². The van der Waals surface area contributed by atoms with Crippen molar-refractivity contribution >= 4 is 27.7 Å². The van der Waals surface area contributed by atoms with Crippen LogP contribution in [0.5, 0.6) is 0 Å². The topological polar surface area (TPSA) is 54.4 Å². The zero-order chi connectivity index (χ0) is 13.8. The maximum Gasteiger partial charge on any atom is 0.306 e. The van der Waals surface area contributed by atoms with Crippen LogP contribution in [0, 0.1) is 11.8 Å². The van der Waals surface area contributed by atoms with Crippen LogP contribution in [0.4, 0.5) is 0 Å². The lowest BCUT2D eigenvalue weighted by atomic mass is 9.76. The fraction of sp³-hybridized carbons (Fsp3) is 0.467. The number of carboxylic acid groups (broad SMARTS) is 1. The van der Waals surface area contributed by atoms with Gasteiger partial charge < -0.3 is 5.11 Å². The summed E-state index contributed by atoms with van der Waals surface area (Å²) in [6.07, 6.45) is 3.88. The SMILES string of the molecule is O=C(C[C@H]1CCCC[C@H]1C(=O)O)c1ccc(Br)cc1. The molecule has 0 amide bonds. The van der Waals surface area contributed by atoms with Crippen molar-refractivity contribution in [2.24, 2.45) is 11.8 Å². The molecule has 0 aromatic heterocycles. The van der Waals surface area contributed by atoms with Gasteiger partial charge in [-0.25, -0.2) is 0 Å². The second-order valence-corrected chi connectivity index (χ2v) is 6.04. The molecule has 1 aliphatic rings. The average molecular weight is 325 g/mol. The smallest absolute Gasteiger partial charge is 0.306 e. The Kier molecular flexibility index (Phi) is 4.75. The van der Waals surface area contributed by atoms with Crippen LogP contribution >= 0.6 is 15.9 Å². The minimum atomic E-state index is -0.756. The summed E-state index contributed by atoms with van der Waals surface area (Å²) in [5, 5.41) is 9.21. The zero-order valence-corrected chi connectivity index (χ0v) is 12.2. The van der Waals surface area contributed by atoms with Crippen LogP contribution in [0.3, 0.4) is 0 Å². The molecule has 1 fully saturated rings. The highest BCUT2D eigenvalue weighted by Crippen LogP contribution is 2.33. The summed E-state index contributed by atoms with van der Waals surface area (Å²) in [5.41, 5.74) is 0.665. The van der Waals surface area contributed by atoms with Gasteiger partial charge in [0.15, 0.2) is 5.78 Å². The van der Waals surface area contributed by atoms with Gasteiger partial charge in [0.1, 0.15) is 0 Å². The second kappa shape index (κ2) is 6.33. The Bertz CT molecular complexity index is 467. The second-order valence-electron chi connectivity index (χ2n) is 5.12. The monoisotopic (exact) mass is 324 g/mol. The number of ketones is 1. The fourth-order valence-electron chi connectivity index (χ4n) is 2.77.